The molecule has 0 bridgehead atoms. The van der Waals surface area contributed by atoms with E-state index in [9.17, 15) is 5.11 Å². The molecule has 302 valence electrons. The van der Waals surface area contributed by atoms with Gasteiger partial charge >= 0.3 is 0 Å². The van der Waals surface area contributed by atoms with Gasteiger partial charge in [0.15, 0.2) is 5.65 Å². The second-order valence-electron chi connectivity index (χ2n) is 14.5. The van der Waals surface area contributed by atoms with Crippen LogP contribution in [0.25, 0.3) is 11.2 Å². The summed E-state index contributed by atoms with van der Waals surface area (Å²) in [6, 6.07) is 55.3. The van der Waals surface area contributed by atoms with E-state index in [4.69, 9.17) is 24.2 Å². The Morgan fingerprint density at radius 3 is 1.85 bits per heavy atom. The summed E-state index contributed by atoms with van der Waals surface area (Å²) in [5.74, 6) is 1.87. The number of hydrogen-bond donors (Lipinski definition) is 2. The summed E-state index contributed by atoms with van der Waals surface area (Å²) in [5.41, 5.74) is 6.20. The van der Waals surface area contributed by atoms with Crippen LogP contribution in [0.2, 0.25) is 0 Å². The molecule has 0 saturated heterocycles. The number of anilines is 1. The molecular weight excluding hydrogens is 747 g/mol. The molecule has 0 aliphatic heterocycles. The maximum absolute atomic E-state index is 10.4. The molecule has 2 aromatic heterocycles. The fourth-order valence-electron chi connectivity index (χ4n) is 8.19. The molecule has 0 amide bonds. The van der Waals surface area contributed by atoms with Gasteiger partial charge in [0.1, 0.15) is 28.2 Å². The predicted octanol–water partition coefficient (Wildman–Crippen LogP) is 9.92. The summed E-state index contributed by atoms with van der Waals surface area (Å²) >= 11 is 0. The van der Waals surface area contributed by atoms with Crippen LogP contribution >= 0.6 is 0 Å². The second kappa shape index (κ2) is 18.4. The number of aliphatic hydroxyl groups is 1. The van der Waals surface area contributed by atoms with E-state index in [1.807, 2.05) is 122 Å². The van der Waals surface area contributed by atoms with Crippen LogP contribution in [0.4, 0.5) is 5.95 Å². The van der Waals surface area contributed by atoms with Crippen molar-refractivity contribution < 1.29 is 19.3 Å². The van der Waals surface area contributed by atoms with Crippen molar-refractivity contribution in [3.05, 3.63) is 215 Å². The van der Waals surface area contributed by atoms with Crippen LogP contribution in [0.3, 0.4) is 0 Å². The molecule has 0 fully saturated rings. The van der Waals surface area contributed by atoms with E-state index in [0.29, 0.717) is 42.5 Å². The molecule has 0 saturated carbocycles. The van der Waals surface area contributed by atoms with Crippen LogP contribution in [0.15, 0.2) is 176 Å². The SMILES string of the molecule is CCOc1ccc(C(OCCCCn2cnc3cnc(NC(c4ccccc4)(c4ccccc4)c4ccccc4OC)nc32)(c2ccccc2)c2ccccc2)cc1CO. The fraction of sp³-hybridized carbons (Fsp3) is 0.196. The number of nitrogens with zero attached hydrogens (tertiary/aromatic N) is 4. The highest BCUT2D eigenvalue weighted by Gasteiger charge is 2.40. The number of aromatic nitrogens is 4. The van der Waals surface area contributed by atoms with Crippen molar-refractivity contribution >= 4 is 17.1 Å². The van der Waals surface area contributed by atoms with Crippen molar-refractivity contribution in [3.63, 3.8) is 0 Å². The molecular formula is C51H49N5O4. The Labute approximate surface area is 351 Å². The minimum atomic E-state index is -0.932. The average molecular weight is 796 g/mol. The number of nitrogens with one attached hydrogen (secondary N) is 1. The number of aryl methyl sites for hydroxylation is 1. The Hall–Kier alpha value is -6.81. The van der Waals surface area contributed by atoms with Crippen molar-refractivity contribution in [2.75, 3.05) is 25.6 Å². The Morgan fingerprint density at radius 1 is 0.650 bits per heavy atom. The number of fused-ring (bicyclic) bond motifs is 1. The van der Waals surface area contributed by atoms with Crippen molar-refractivity contribution in [1.29, 1.82) is 0 Å². The number of rotatable bonds is 18. The van der Waals surface area contributed by atoms with Gasteiger partial charge in [-0.2, -0.15) is 4.98 Å². The molecule has 8 aromatic rings. The first-order valence-electron chi connectivity index (χ1n) is 20.4. The zero-order valence-electron chi connectivity index (χ0n) is 33.9. The summed E-state index contributed by atoms with van der Waals surface area (Å²) < 4.78 is 21.0. The molecule has 9 nitrogen and oxygen atoms in total. The third-order valence-corrected chi connectivity index (χ3v) is 11.0. The van der Waals surface area contributed by atoms with E-state index in [1.165, 1.54) is 0 Å². The number of aliphatic hydroxyl groups excluding tert-OH is 1. The van der Waals surface area contributed by atoms with Crippen molar-refractivity contribution in [2.24, 2.45) is 0 Å². The van der Waals surface area contributed by atoms with Crippen LogP contribution in [0, 0.1) is 0 Å². The van der Waals surface area contributed by atoms with Crippen LogP contribution in [-0.4, -0.2) is 44.9 Å². The minimum absolute atomic E-state index is 0.150. The molecule has 0 aliphatic rings. The maximum atomic E-state index is 10.4. The number of unbranched alkanes of at least 4 members (excludes halogenated alkanes) is 1. The maximum Gasteiger partial charge on any atom is 0.226 e. The molecule has 0 spiro atoms. The lowest BCUT2D eigenvalue weighted by Gasteiger charge is -2.37. The summed E-state index contributed by atoms with van der Waals surface area (Å²) in [4.78, 5) is 14.6. The van der Waals surface area contributed by atoms with Crippen LogP contribution in [0.1, 0.15) is 58.7 Å². The molecule has 0 aliphatic carbocycles. The Kier molecular flexibility index (Phi) is 12.3. The Bertz CT molecular complexity index is 2520. The number of methoxy groups -OCH3 is 1. The first kappa shape index (κ1) is 40.0. The van der Waals surface area contributed by atoms with E-state index < -0.39 is 11.1 Å². The fourth-order valence-corrected chi connectivity index (χ4v) is 8.19. The van der Waals surface area contributed by atoms with Gasteiger partial charge in [-0.1, -0.05) is 146 Å². The first-order chi connectivity index (χ1) is 29.6. The van der Waals surface area contributed by atoms with Gasteiger partial charge in [-0.05, 0) is 65.8 Å². The normalized spacial score (nSPS) is 11.7. The monoisotopic (exact) mass is 795 g/mol. The van der Waals surface area contributed by atoms with Gasteiger partial charge in [0.25, 0.3) is 0 Å². The molecule has 60 heavy (non-hydrogen) atoms. The average Bonchev–Trinajstić information content (AvgIpc) is 3.72. The highest BCUT2D eigenvalue weighted by Crippen LogP contribution is 2.44. The van der Waals surface area contributed by atoms with E-state index >= 15 is 0 Å². The third kappa shape index (κ3) is 7.85. The Morgan fingerprint density at radius 2 is 1.25 bits per heavy atom. The first-order valence-corrected chi connectivity index (χ1v) is 20.4. The van der Waals surface area contributed by atoms with Gasteiger partial charge in [-0.25, -0.2) is 9.97 Å². The summed E-state index contributed by atoms with van der Waals surface area (Å²) in [7, 11) is 1.70. The van der Waals surface area contributed by atoms with Crippen LogP contribution in [-0.2, 0) is 29.0 Å². The van der Waals surface area contributed by atoms with Gasteiger partial charge in [-0.3, -0.25) is 0 Å². The van der Waals surface area contributed by atoms with E-state index in [-0.39, 0.29) is 6.61 Å². The highest BCUT2D eigenvalue weighted by atomic mass is 16.5. The van der Waals surface area contributed by atoms with Crippen LogP contribution < -0.4 is 14.8 Å². The van der Waals surface area contributed by atoms with Crippen molar-refractivity contribution in [2.45, 2.75) is 44.1 Å². The van der Waals surface area contributed by atoms with E-state index in [1.54, 1.807) is 13.3 Å². The van der Waals surface area contributed by atoms with Crippen LogP contribution in [0.5, 0.6) is 11.5 Å². The second-order valence-corrected chi connectivity index (χ2v) is 14.5. The molecule has 2 N–H and O–H groups in total. The number of benzene rings is 6. The summed E-state index contributed by atoms with van der Waals surface area (Å²) in [6.45, 7) is 3.44. The lowest BCUT2D eigenvalue weighted by Crippen LogP contribution is -2.39. The molecule has 0 atom stereocenters. The topological polar surface area (TPSA) is 104 Å². The van der Waals surface area contributed by atoms with Gasteiger partial charge in [0, 0.05) is 24.3 Å². The van der Waals surface area contributed by atoms with E-state index in [2.05, 4.69) is 69.5 Å². The van der Waals surface area contributed by atoms with Crippen molar-refractivity contribution in [3.8, 4) is 11.5 Å². The largest absolute Gasteiger partial charge is 0.496 e. The molecule has 0 radical (unpaired) electrons. The lowest BCUT2D eigenvalue weighted by atomic mass is 9.76. The molecule has 2 heterocycles. The Balaban J connectivity index is 1.08. The summed E-state index contributed by atoms with van der Waals surface area (Å²) in [6.07, 6.45) is 5.18. The van der Waals surface area contributed by atoms with Gasteiger partial charge < -0.3 is 29.2 Å². The lowest BCUT2D eigenvalue weighted by molar-refractivity contribution is 0.0103. The number of hydrogen-bond acceptors (Lipinski definition) is 8. The minimum Gasteiger partial charge on any atom is -0.496 e. The highest BCUT2D eigenvalue weighted by molar-refractivity contribution is 5.72. The molecule has 6 aromatic carbocycles. The molecule has 0 unspecified atom stereocenters. The summed E-state index contributed by atoms with van der Waals surface area (Å²) in [5, 5.41) is 14.2. The van der Waals surface area contributed by atoms with Crippen molar-refractivity contribution in [1.82, 2.24) is 19.5 Å². The van der Waals surface area contributed by atoms with Gasteiger partial charge in [0.05, 0.1) is 32.8 Å². The van der Waals surface area contributed by atoms with Gasteiger partial charge in [-0.15, -0.1) is 0 Å². The number of para-hydroxylation sites is 1. The number of ether oxygens (including phenoxy) is 3. The standard InChI is InChI=1S/C51H49N5O4/c1-3-59-46-31-30-43(34-38(46)36-57)51(41-24-12-6-13-25-41,42-26-14-7-15-27-42)60-33-19-18-32-56-37-53-45-35-52-49(54-48(45)56)55-50(39-20-8-4-9-21-39,40-22-10-5-11-23-40)44-28-16-17-29-47(44)58-2/h4-17,20-31,34-35,37,57H,3,18-19,32-33,36H2,1-2H3,(H,52,54,55). The quantitative estimate of drug-likeness (QED) is 0.0654. The smallest absolute Gasteiger partial charge is 0.226 e. The van der Waals surface area contributed by atoms with E-state index in [0.717, 1.165) is 57.6 Å². The zero-order valence-corrected chi connectivity index (χ0v) is 33.9. The molecule has 9 heteroatoms. The zero-order chi connectivity index (χ0) is 41.2. The predicted molar refractivity (Wildman–Crippen MR) is 236 cm³/mol. The number of imidazole rings is 1. The van der Waals surface area contributed by atoms with Gasteiger partial charge in [0.2, 0.25) is 5.95 Å². The third-order valence-electron chi connectivity index (χ3n) is 11.0. The molecule has 8 rings (SSSR count).